The molecular formula is C26H24N2O4. The summed E-state index contributed by atoms with van der Waals surface area (Å²) in [5, 5.41) is 0. The number of aromatic nitrogens is 1. The normalized spacial score (nSPS) is 16.3. The van der Waals surface area contributed by atoms with Gasteiger partial charge in [-0.15, -0.1) is 0 Å². The molecule has 0 amide bonds. The summed E-state index contributed by atoms with van der Waals surface area (Å²) in [5.74, 6) is 2.51. The van der Waals surface area contributed by atoms with E-state index in [-0.39, 0.29) is 5.78 Å². The molecule has 162 valence electrons. The second-order valence-electron chi connectivity index (χ2n) is 8.02. The van der Waals surface area contributed by atoms with Crippen LogP contribution in [0.4, 0.5) is 0 Å². The Kier molecular flexibility index (Phi) is 5.37. The molecule has 0 saturated heterocycles. The highest BCUT2D eigenvalue weighted by Crippen LogP contribution is 2.44. The van der Waals surface area contributed by atoms with Crippen molar-refractivity contribution in [3.8, 4) is 17.2 Å². The molecule has 0 spiro atoms. The second kappa shape index (κ2) is 8.48. The second-order valence-corrected chi connectivity index (χ2v) is 8.02. The van der Waals surface area contributed by atoms with E-state index in [9.17, 15) is 4.79 Å². The lowest BCUT2D eigenvalue weighted by Crippen LogP contribution is -2.33. The fraction of sp³-hybridized carbons (Fsp3) is 0.231. The summed E-state index contributed by atoms with van der Waals surface area (Å²) < 4.78 is 17.4. The predicted molar refractivity (Wildman–Crippen MR) is 121 cm³/mol. The molecule has 3 heterocycles. The smallest absolute Gasteiger partial charge is 0.232 e. The van der Waals surface area contributed by atoms with E-state index >= 15 is 0 Å². The van der Waals surface area contributed by atoms with Crippen molar-refractivity contribution in [3.63, 3.8) is 0 Å². The zero-order chi connectivity index (χ0) is 22.1. The molecular weight excluding hydrogens is 404 g/mol. The van der Waals surface area contributed by atoms with Crippen LogP contribution in [-0.4, -0.2) is 36.1 Å². The molecule has 2 aromatic carbocycles. The topological polar surface area (TPSA) is 60.9 Å². The van der Waals surface area contributed by atoms with E-state index in [0.29, 0.717) is 30.3 Å². The number of carbonyl (C=O) groups is 1. The van der Waals surface area contributed by atoms with Gasteiger partial charge in [0.1, 0.15) is 24.0 Å². The predicted octanol–water partition coefficient (Wildman–Crippen LogP) is 4.41. The molecule has 3 aromatic rings. The summed E-state index contributed by atoms with van der Waals surface area (Å²) in [5.41, 5.74) is 4.54. The first-order valence-corrected chi connectivity index (χ1v) is 10.6. The third-order valence-electron chi connectivity index (χ3n) is 5.87. The first-order valence-electron chi connectivity index (χ1n) is 10.6. The van der Waals surface area contributed by atoms with Crippen LogP contribution in [0.1, 0.15) is 32.6 Å². The molecule has 0 N–H and O–H groups in total. The van der Waals surface area contributed by atoms with Crippen LogP contribution in [-0.2, 0) is 13.0 Å². The SMILES string of the molecule is COc1ccc(CCN2COc3cc(C)c4c(c3C2)O/C(=C/c2ccncc2)C4=O)cc1. The highest BCUT2D eigenvalue weighted by Gasteiger charge is 2.35. The standard InChI is InChI=1S/C26H24N2O4/c1-17-13-22-21(15-28(16-31-22)12-9-18-3-5-20(30-2)6-4-18)26-24(17)25(29)23(32-26)14-19-7-10-27-11-8-19/h3-8,10-11,13-14H,9,12,15-16H2,1-2H3/b23-14+. The van der Waals surface area contributed by atoms with Crippen molar-refractivity contribution in [1.29, 1.82) is 0 Å². The van der Waals surface area contributed by atoms with Gasteiger partial charge in [-0.05, 0) is 66.4 Å². The lowest BCUT2D eigenvalue weighted by molar-refractivity contribution is 0.0949. The molecule has 0 fully saturated rings. The van der Waals surface area contributed by atoms with E-state index in [4.69, 9.17) is 14.2 Å². The summed E-state index contributed by atoms with van der Waals surface area (Å²) in [6, 6.07) is 13.8. The maximum atomic E-state index is 13.1. The average molecular weight is 428 g/mol. The van der Waals surface area contributed by atoms with Crippen LogP contribution < -0.4 is 14.2 Å². The van der Waals surface area contributed by atoms with Crippen molar-refractivity contribution in [2.75, 3.05) is 20.4 Å². The van der Waals surface area contributed by atoms with Crippen LogP contribution in [0.2, 0.25) is 0 Å². The fourth-order valence-corrected chi connectivity index (χ4v) is 4.11. The number of carbonyl (C=O) groups excluding carboxylic acids is 1. The zero-order valence-corrected chi connectivity index (χ0v) is 18.1. The summed E-state index contributed by atoms with van der Waals surface area (Å²) in [4.78, 5) is 19.3. The zero-order valence-electron chi connectivity index (χ0n) is 18.1. The van der Waals surface area contributed by atoms with E-state index in [1.807, 2.05) is 37.3 Å². The molecule has 0 aliphatic carbocycles. The van der Waals surface area contributed by atoms with Crippen molar-refractivity contribution in [1.82, 2.24) is 9.88 Å². The van der Waals surface area contributed by atoms with Crippen LogP contribution >= 0.6 is 0 Å². The lowest BCUT2D eigenvalue weighted by atomic mass is 9.98. The molecule has 0 radical (unpaired) electrons. The highest BCUT2D eigenvalue weighted by atomic mass is 16.5. The number of aryl methyl sites for hydroxylation is 1. The molecule has 2 aliphatic rings. The lowest BCUT2D eigenvalue weighted by Gasteiger charge is -2.30. The van der Waals surface area contributed by atoms with Crippen LogP contribution in [0, 0.1) is 6.92 Å². The van der Waals surface area contributed by atoms with E-state index in [0.717, 1.165) is 41.2 Å². The first kappa shape index (κ1) is 20.3. The number of pyridine rings is 1. The number of methoxy groups -OCH3 is 1. The van der Waals surface area contributed by atoms with Crippen molar-refractivity contribution < 1.29 is 19.0 Å². The Bertz CT molecular complexity index is 1190. The summed E-state index contributed by atoms with van der Waals surface area (Å²) in [6.45, 7) is 3.94. The molecule has 2 aliphatic heterocycles. The number of ether oxygens (including phenoxy) is 3. The minimum Gasteiger partial charge on any atom is -0.497 e. The molecule has 0 atom stereocenters. The minimum atomic E-state index is -0.0903. The van der Waals surface area contributed by atoms with Crippen LogP contribution in [0.3, 0.4) is 0 Å². The first-order chi connectivity index (χ1) is 15.6. The van der Waals surface area contributed by atoms with E-state index < -0.39 is 0 Å². The van der Waals surface area contributed by atoms with Gasteiger partial charge in [-0.2, -0.15) is 0 Å². The molecule has 0 bridgehead atoms. The Balaban J connectivity index is 1.37. The van der Waals surface area contributed by atoms with Crippen molar-refractivity contribution >= 4 is 11.9 Å². The van der Waals surface area contributed by atoms with Crippen molar-refractivity contribution in [3.05, 3.63) is 88.4 Å². The summed E-state index contributed by atoms with van der Waals surface area (Å²) in [6.07, 6.45) is 6.05. The molecule has 6 heteroatoms. The van der Waals surface area contributed by atoms with Crippen LogP contribution in [0.5, 0.6) is 17.2 Å². The van der Waals surface area contributed by atoms with Crippen LogP contribution in [0.15, 0.2) is 60.6 Å². The summed E-state index contributed by atoms with van der Waals surface area (Å²) in [7, 11) is 1.67. The Hall–Kier alpha value is -3.64. The number of nitrogens with zero attached hydrogens (tertiary/aromatic N) is 2. The van der Waals surface area contributed by atoms with Gasteiger partial charge in [0.2, 0.25) is 5.78 Å². The molecule has 0 saturated carbocycles. The Morgan fingerprint density at radius 3 is 2.69 bits per heavy atom. The van der Waals surface area contributed by atoms with Crippen molar-refractivity contribution in [2.24, 2.45) is 0 Å². The van der Waals surface area contributed by atoms with Gasteiger partial charge in [-0.1, -0.05) is 12.1 Å². The number of allylic oxidation sites excluding steroid dienone is 1. The van der Waals surface area contributed by atoms with E-state index in [2.05, 4.69) is 22.0 Å². The number of hydrogen-bond donors (Lipinski definition) is 0. The third-order valence-corrected chi connectivity index (χ3v) is 5.87. The largest absolute Gasteiger partial charge is 0.497 e. The number of fused-ring (bicyclic) bond motifs is 3. The van der Waals surface area contributed by atoms with Gasteiger partial charge in [0, 0.05) is 25.5 Å². The molecule has 32 heavy (non-hydrogen) atoms. The molecule has 0 unspecified atom stereocenters. The number of hydrogen-bond acceptors (Lipinski definition) is 6. The quantitative estimate of drug-likeness (QED) is 0.561. The number of ketones is 1. The van der Waals surface area contributed by atoms with Gasteiger partial charge in [0.05, 0.1) is 18.2 Å². The van der Waals surface area contributed by atoms with Gasteiger partial charge in [-0.25, -0.2) is 0 Å². The van der Waals surface area contributed by atoms with Gasteiger partial charge < -0.3 is 14.2 Å². The van der Waals surface area contributed by atoms with Gasteiger partial charge in [0.15, 0.2) is 5.76 Å². The molecule has 6 nitrogen and oxygen atoms in total. The maximum Gasteiger partial charge on any atom is 0.232 e. The number of benzene rings is 2. The number of Topliss-reactive ketones (excluding diaryl/α,β-unsaturated/α-hetero) is 1. The van der Waals surface area contributed by atoms with Crippen LogP contribution in [0.25, 0.3) is 6.08 Å². The van der Waals surface area contributed by atoms with E-state index in [1.54, 1.807) is 25.6 Å². The summed E-state index contributed by atoms with van der Waals surface area (Å²) >= 11 is 0. The van der Waals surface area contributed by atoms with E-state index in [1.165, 1.54) is 5.56 Å². The van der Waals surface area contributed by atoms with Gasteiger partial charge in [-0.3, -0.25) is 14.7 Å². The third kappa shape index (κ3) is 3.85. The monoisotopic (exact) mass is 428 g/mol. The Labute approximate surface area is 187 Å². The Morgan fingerprint density at radius 1 is 1.16 bits per heavy atom. The van der Waals surface area contributed by atoms with Gasteiger partial charge >= 0.3 is 0 Å². The molecule has 1 aromatic heterocycles. The molecule has 5 rings (SSSR count). The Morgan fingerprint density at radius 2 is 1.94 bits per heavy atom. The van der Waals surface area contributed by atoms with Crippen molar-refractivity contribution in [2.45, 2.75) is 19.9 Å². The number of rotatable bonds is 5. The minimum absolute atomic E-state index is 0.0903. The highest BCUT2D eigenvalue weighted by molar-refractivity contribution is 6.15. The maximum absolute atomic E-state index is 13.1. The van der Waals surface area contributed by atoms with Gasteiger partial charge in [0.25, 0.3) is 0 Å². The fourth-order valence-electron chi connectivity index (χ4n) is 4.11. The average Bonchev–Trinajstić information content (AvgIpc) is 3.15.